The maximum absolute atomic E-state index is 12.5. The molecule has 1 aromatic carbocycles. The summed E-state index contributed by atoms with van der Waals surface area (Å²) < 4.78 is 0.287. The highest BCUT2D eigenvalue weighted by atomic mass is 32.2. The number of anilines is 1. The molecule has 2 aliphatic heterocycles. The zero-order valence-electron chi connectivity index (χ0n) is 13.7. The Hall–Kier alpha value is -1.77. The van der Waals surface area contributed by atoms with E-state index in [4.69, 9.17) is 17.3 Å². The quantitative estimate of drug-likeness (QED) is 0.619. The van der Waals surface area contributed by atoms with E-state index < -0.39 is 12.5 Å². The number of nitrogens with zero attached hydrogens (tertiary/aromatic N) is 2. The zero-order valence-corrected chi connectivity index (χ0v) is 16.1. The van der Waals surface area contributed by atoms with Crippen molar-refractivity contribution >= 4 is 57.6 Å². The highest BCUT2D eigenvalue weighted by molar-refractivity contribution is 8.26. The maximum atomic E-state index is 12.5. The van der Waals surface area contributed by atoms with Gasteiger partial charge in [0.1, 0.15) is 10.9 Å². The molecule has 2 heterocycles. The fourth-order valence-corrected chi connectivity index (χ4v) is 5.12. The highest BCUT2D eigenvalue weighted by Gasteiger charge is 2.34. The van der Waals surface area contributed by atoms with E-state index >= 15 is 0 Å². The minimum Gasteiger partial charge on any atom is -0.480 e. The first-order valence-electron chi connectivity index (χ1n) is 7.64. The van der Waals surface area contributed by atoms with Crippen LogP contribution in [0.15, 0.2) is 50.7 Å². The number of rotatable bonds is 4. The van der Waals surface area contributed by atoms with E-state index in [1.165, 1.54) is 4.90 Å². The molecule has 0 aromatic heterocycles. The number of thioether (sulfide) groups is 2. The molecule has 2 aliphatic rings. The number of carbonyl (C=O) groups is 2. The molecule has 1 amide bonds. The van der Waals surface area contributed by atoms with Crippen LogP contribution in [-0.4, -0.2) is 39.3 Å². The Bertz CT molecular complexity index is 832. The predicted molar refractivity (Wildman–Crippen MR) is 106 cm³/mol. The van der Waals surface area contributed by atoms with Crippen molar-refractivity contribution in [1.29, 1.82) is 0 Å². The Morgan fingerprint density at radius 3 is 2.68 bits per heavy atom. The molecule has 0 bridgehead atoms. The van der Waals surface area contributed by atoms with Crippen molar-refractivity contribution in [2.75, 3.05) is 18.0 Å². The number of fused-ring (bicyclic) bond motifs is 1. The van der Waals surface area contributed by atoms with E-state index in [1.807, 2.05) is 25.1 Å². The van der Waals surface area contributed by atoms with Crippen LogP contribution in [0.25, 0.3) is 0 Å². The zero-order chi connectivity index (χ0) is 18.1. The molecule has 0 radical (unpaired) electrons. The van der Waals surface area contributed by atoms with Gasteiger partial charge < -0.3 is 10.0 Å². The van der Waals surface area contributed by atoms with E-state index in [1.54, 1.807) is 11.8 Å². The van der Waals surface area contributed by atoms with Crippen molar-refractivity contribution < 1.29 is 14.7 Å². The largest absolute Gasteiger partial charge is 0.480 e. The van der Waals surface area contributed by atoms with Gasteiger partial charge in [0.15, 0.2) is 0 Å². The monoisotopic (exact) mass is 392 g/mol. The van der Waals surface area contributed by atoms with Crippen LogP contribution in [0.1, 0.15) is 13.8 Å². The summed E-state index contributed by atoms with van der Waals surface area (Å²) in [6.07, 6.45) is 1.97. The van der Waals surface area contributed by atoms with Gasteiger partial charge in [-0.3, -0.25) is 14.5 Å². The Labute approximate surface area is 159 Å². The number of amides is 1. The first-order chi connectivity index (χ1) is 11.9. The van der Waals surface area contributed by atoms with Crippen molar-refractivity contribution in [3.63, 3.8) is 0 Å². The normalized spacial score (nSPS) is 20.5. The third kappa shape index (κ3) is 3.47. The SMILES string of the molecule is CCN1/C(=C\C(C)=C2\SC(=S)N(CC(=O)O)C2=O)Sc2ccccc21. The number of carbonyl (C=O) groups excluding carboxylic acids is 1. The highest BCUT2D eigenvalue weighted by Crippen LogP contribution is 2.46. The molecular formula is C17H16N2O3S3. The second kappa shape index (κ2) is 7.23. The Morgan fingerprint density at radius 2 is 2.00 bits per heavy atom. The fourth-order valence-electron chi connectivity index (χ4n) is 2.65. The molecule has 3 rings (SSSR count). The van der Waals surface area contributed by atoms with E-state index in [9.17, 15) is 9.59 Å². The van der Waals surface area contributed by atoms with Gasteiger partial charge in [-0.1, -0.05) is 47.9 Å². The van der Waals surface area contributed by atoms with Crippen LogP contribution in [0.3, 0.4) is 0 Å². The molecule has 25 heavy (non-hydrogen) atoms. The van der Waals surface area contributed by atoms with Gasteiger partial charge in [0, 0.05) is 11.4 Å². The molecule has 0 unspecified atom stereocenters. The number of hydrogen-bond donors (Lipinski definition) is 1. The standard InChI is InChI=1S/C17H16N2O3S3/c1-3-18-11-6-4-5-7-12(11)24-13(18)8-10(2)15-16(22)19(9-14(20)21)17(23)25-15/h4-8H,3,9H2,1-2H3,(H,20,21)/b13-8+,15-10+. The summed E-state index contributed by atoms with van der Waals surface area (Å²) >= 11 is 7.97. The van der Waals surface area contributed by atoms with Crippen LogP contribution >= 0.6 is 35.7 Å². The summed E-state index contributed by atoms with van der Waals surface area (Å²) in [7, 11) is 0. The number of hydrogen-bond acceptors (Lipinski definition) is 6. The number of aliphatic carboxylic acids is 1. The van der Waals surface area contributed by atoms with Gasteiger partial charge in [-0.25, -0.2) is 0 Å². The van der Waals surface area contributed by atoms with Gasteiger partial charge in [-0.2, -0.15) is 0 Å². The molecule has 0 atom stereocenters. The minimum atomic E-state index is -1.08. The Morgan fingerprint density at radius 1 is 1.28 bits per heavy atom. The molecule has 1 fully saturated rings. The Balaban J connectivity index is 1.91. The predicted octanol–water partition coefficient (Wildman–Crippen LogP) is 3.68. The van der Waals surface area contributed by atoms with E-state index in [0.29, 0.717) is 4.91 Å². The third-order valence-corrected chi connectivity index (χ3v) is 6.47. The van der Waals surface area contributed by atoms with Crippen LogP contribution in [0, 0.1) is 0 Å². The van der Waals surface area contributed by atoms with Crippen molar-refractivity contribution in [1.82, 2.24) is 4.90 Å². The van der Waals surface area contributed by atoms with Crippen molar-refractivity contribution in [2.45, 2.75) is 18.7 Å². The number of carboxylic acid groups (broad SMARTS) is 1. The van der Waals surface area contributed by atoms with E-state index in [-0.39, 0.29) is 10.2 Å². The van der Waals surface area contributed by atoms with Gasteiger partial charge in [0.05, 0.1) is 15.6 Å². The number of thiocarbonyl (C=S) groups is 1. The number of carboxylic acids is 1. The van der Waals surface area contributed by atoms with Gasteiger partial charge in [-0.05, 0) is 37.6 Å². The molecule has 5 nitrogen and oxygen atoms in total. The summed E-state index contributed by atoms with van der Waals surface area (Å²) in [5.41, 5.74) is 1.95. The molecule has 1 N–H and O–H groups in total. The smallest absolute Gasteiger partial charge is 0.323 e. The van der Waals surface area contributed by atoms with Gasteiger partial charge in [0.2, 0.25) is 0 Å². The van der Waals surface area contributed by atoms with Crippen LogP contribution in [0.4, 0.5) is 5.69 Å². The first kappa shape index (κ1) is 18.0. The second-order valence-electron chi connectivity index (χ2n) is 5.46. The molecule has 8 heteroatoms. The number of para-hydroxylation sites is 1. The summed E-state index contributed by atoms with van der Waals surface area (Å²) in [5.74, 6) is -1.41. The van der Waals surface area contributed by atoms with Gasteiger partial charge >= 0.3 is 5.97 Å². The lowest BCUT2D eigenvalue weighted by molar-refractivity contribution is -0.140. The number of benzene rings is 1. The second-order valence-corrected chi connectivity index (χ2v) is 8.17. The summed E-state index contributed by atoms with van der Waals surface area (Å²) in [5, 5.41) is 9.98. The van der Waals surface area contributed by atoms with Crippen molar-refractivity contribution in [3.8, 4) is 0 Å². The lowest BCUT2D eigenvalue weighted by Crippen LogP contribution is -2.33. The third-order valence-electron chi connectivity index (χ3n) is 3.79. The number of allylic oxidation sites excluding steroid dienone is 2. The minimum absolute atomic E-state index is 0.287. The molecule has 0 saturated carbocycles. The first-order valence-corrected chi connectivity index (χ1v) is 9.69. The summed E-state index contributed by atoms with van der Waals surface area (Å²) in [6.45, 7) is 4.36. The average Bonchev–Trinajstić information content (AvgIpc) is 3.05. The molecule has 1 saturated heterocycles. The van der Waals surface area contributed by atoms with Crippen LogP contribution < -0.4 is 4.90 Å². The summed E-state index contributed by atoms with van der Waals surface area (Å²) in [6, 6.07) is 8.17. The Kier molecular flexibility index (Phi) is 5.21. The maximum Gasteiger partial charge on any atom is 0.323 e. The fraction of sp³-hybridized carbons (Fsp3) is 0.235. The topological polar surface area (TPSA) is 60.9 Å². The molecule has 1 aromatic rings. The van der Waals surface area contributed by atoms with Crippen LogP contribution in [-0.2, 0) is 9.59 Å². The lowest BCUT2D eigenvalue weighted by Gasteiger charge is -2.18. The van der Waals surface area contributed by atoms with E-state index in [0.717, 1.165) is 39.5 Å². The van der Waals surface area contributed by atoms with Crippen molar-refractivity contribution in [2.24, 2.45) is 0 Å². The van der Waals surface area contributed by atoms with Crippen LogP contribution in [0.2, 0.25) is 0 Å². The lowest BCUT2D eigenvalue weighted by atomic mass is 10.2. The van der Waals surface area contributed by atoms with Crippen LogP contribution in [0.5, 0.6) is 0 Å². The van der Waals surface area contributed by atoms with Gasteiger partial charge in [0.25, 0.3) is 5.91 Å². The molecule has 0 aliphatic carbocycles. The molecular weight excluding hydrogens is 376 g/mol. The summed E-state index contributed by atoms with van der Waals surface area (Å²) in [4.78, 5) is 28.4. The van der Waals surface area contributed by atoms with E-state index in [2.05, 4.69) is 24.0 Å². The molecule has 130 valence electrons. The van der Waals surface area contributed by atoms with Gasteiger partial charge in [-0.15, -0.1) is 0 Å². The average molecular weight is 393 g/mol. The molecule has 0 spiro atoms. The van der Waals surface area contributed by atoms with Crippen molar-refractivity contribution in [3.05, 3.63) is 45.8 Å².